The Labute approximate surface area is 126 Å². The molecule has 1 saturated carbocycles. The molecular weight excluding hydrogens is 322 g/mol. The van der Waals surface area contributed by atoms with Gasteiger partial charge in [-0.25, -0.2) is 0 Å². The fourth-order valence-corrected chi connectivity index (χ4v) is 4.97. The van der Waals surface area contributed by atoms with E-state index < -0.39 is 0 Å². The van der Waals surface area contributed by atoms with Crippen LogP contribution in [0.5, 0.6) is 0 Å². The first-order valence-corrected chi connectivity index (χ1v) is 8.77. The van der Waals surface area contributed by atoms with Crippen molar-refractivity contribution in [1.82, 2.24) is 5.32 Å². The summed E-state index contributed by atoms with van der Waals surface area (Å²) in [6.07, 6.45) is 3.66. The van der Waals surface area contributed by atoms with Gasteiger partial charge in [0.2, 0.25) is 5.91 Å². The molecule has 19 heavy (non-hydrogen) atoms. The summed E-state index contributed by atoms with van der Waals surface area (Å²) in [4.78, 5) is 14.2. The summed E-state index contributed by atoms with van der Waals surface area (Å²) in [6.45, 7) is 0.838. The molecule has 3 unspecified atom stereocenters. The monoisotopic (exact) mass is 339 g/mol. The van der Waals surface area contributed by atoms with E-state index in [2.05, 4.69) is 33.4 Å². The highest BCUT2D eigenvalue weighted by atomic mass is 79.9. The number of halogens is 1. The van der Waals surface area contributed by atoms with Gasteiger partial charge in [0.05, 0.1) is 5.92 Å². The van der Waals surface area contributed by atoms with Crippen molar-refractivity contribution in [3.8, 4) is 0 Å². The first-order chi connectivity index (χ1) is 9.24. The normalized spacial score (nSPS) is 29.2. The van der Waals surface area contributed by atoms with Crippen LogP contribution in [0.15, 0.2) is 29.2 Å². The summed E-state index contributed by atoms with van der Waals surface area (Å²) in [7, 11) is 0. The summed E-state index contributed by atoms with van der Waals surface area (Å²) < 4.78 is 0. The van der Waals surface area contributed by atoms with Gasteiger partial charge >= 0.3 is 0 Å². The van der Waals surface area contributed by atoms with E-state index in [1.807, 2.05) is 12.1 Å². The molecular formula is C15H18BrNOS. The van der Waals surface area contributed by atoms with Gasteiger partial charge in [-0.3, -0.25) is 4.79 Å². The number of benzene rings is 1. The molecule has 1 aliphatic heterocycles. The van der Waals surface area contributed by atoms with Gasteiger partial charge in [0.25, 0.3) is 0 Å². The number of carbonyl (C=O) groups is 1. The Balaban J connectivity index is 1.57. The third-order valence-electron chi connectivity index (χ3n) is 4.06. The topological polar surface area (TPSA) is 29.1 Å². The second-order valence-corrected chi connectivity index (χ2v) is 7.78. The van der Waals surface area contributed by atoms with Crippen LogP contribution < -0.4 is 5.32 Å². The van der Waals surface area contributed by atoms with Crippen molar-refractivity contribution in [3.05, 3.63) is 29.8 Å². The molecule has 1 N–H and O–H groups in total. The molecule has 1 aromatic carbocycles. The molecule has 0 saturated heterocycles. The van der Waals surface area contributed by atoms with Gasteiger partial charge in [-0.05, 0) is 36.8 Å². The Hall–Kier alpha value is -0.480. The lowest BCUT2D eigenvalue weighted by Crippen LogP contribution is -2.33. The average Bonchev–Trinajstić information content (AvgIpc) is 3.02. The first kappa shape index (κ1) is 13.5. The Morgan fingerprint density at radius 1 is 1.37 bits per heavy atom. The highest BCUT2D eigenvalue weighted by Crippen LogP contribution is 2.39. The van der Waals surface area contributed by atoms with E-state index in [9.17, 15) is 4.79 Å². The molecule has 102 valence electrons. The maximum absolute atomic E-state index is 12.3. The summed E-state index contributed by atoms with van der Waals surface area (Å²) in [5.41, 5.74) is 1.20. The Morgan fingerprint density at radius 3 is 3.00 bits per heavy atom. The summed E-state index contributed by atoms with van der Waals surface area (Å²) >= 11 is 5.45. The van der Waals surface area contributed by atoms with Crippen LogP contribution >= 0.6 is 27.7 Å². The number of hydrogen-bond acceptors (Lipinski definition) is 2. The van der Waals surface area contributed by atoms with Gasteiger partial charge < -0.3 is 5.32 Å². The third-order valence-corrected chi connectivity index (χ3v) is 6.07. The maximum Gasteiger partial charge on any atom is 0.228 e. The Bertz CT molecular complexity index is 479. The fourth-order valence-electron chi connectivity index (χ4n) is 2.95. The summed E-state index contributed by atoms with van der Waals surface area (Å²) in [5, 5.41) is 3.15. The molecule has 0 aromatic heterocycles. The van der Waals surface area contributed by atoms with Crippen molar-refractivity contribution in [2.45, 2.75) is 34.9 Å². The molecule has 4 heteroatoms. The molecule has 1 aromatic rings. The van der Waals surface area contributed by atoms with Gasteiger partial charge in [0, 0.05) is 22.0 Å². The molecule has 0 bridgehead atoms. The van der Waals surface area contributed by atoms with Crippen LogP contribution in [0.2, 0.25) is 0 Å². The van der Waals surface area contributed by atoms with Crippen LogP contribution in [0.1, 0.15) is 30.7 Å². The van der Waals surface area contributed by atoms with Crippen LogP contribution in [-0.4, -0.2) is 23.0 Å². The molecule has 1 amide bonds. The van der Waals surface area contributed by atoms with Crippen LogP contribution in [0.3, 0.4) is 0 Å². The van der Waals surface area contributed by atoms with Gasteiger partial charge in [-0.1, -0.05) is 34.1 Å². The molecule has 2 nitrogen and oxygen atoms in total. The van der Waals surface area contributed by atoms with E-state index in [1.165, 1.54) is 29.7 Å². The number of fused-ring (bicyclic) bond motifs is 1. The van der Waals surface area contributed by atoms with E-state index in [4.69, 9.17) is 0 Å². The minimum atomic E-state index is 0.0439. The smallest absolute Gasteiger partial charge is 0.228 e. The van der Waals surface area contributed by atoms with Crippen LogP contribution in [0, 0.1) is 5.92 Å². The lowest BCUT2D eigenvalue weighted by molar-refractivity contribution is -0.122. The zero-order valence-corrected chi connectivity index (χ0v) is 13.2. The van der Waals surface area contributed by atoms with Crippen LogP contribution in [-0.2, 0) is 4.79 Å². The van der Waals surface area contributed by atoms with Crippen molar-refractivity contribution in [3.63, 3.8) is 0 Å². The number of alkyl halides is 1. The molecule has 0 spiro atoms. The van der Waals surface area contributed by atoms with E-state index in [0.717, 1.165) is 12.3 Å². The maximum atomic E-state index is 12.3. The molecule has 3 rings (SSSR count). The number of carbonyl (C=O) groups excluding carboxylic acids is 1. The minimum Gasteiger partial charge on any atom is -0.355 e. The second-order valence-electron chi connectivity index (χ2n) is 5.42. The van der Waals surface area contributed by atoms with E-state index in [-0.39, 0.29) is 11.8 Å². The largest absolute Gasteiger partial charge is 0.355 e. The molecule has 3 atom stereocenters. The van der Waals surface area contributed by atoms with Crippen molar-refractivity contribution >= 4 is 33.6 Å². The fraction of sp³-hybridized carbons (Fsp3) is 0.533. The molecule has 0 radical (unpaired) electrons. The molecule has 1 fully saturated rings. The van der Waals surface area contributed by atoms with Crippen LogP contribution in [0.25, 0.3) is 0 Å². The van der Waals surface area contributed by atoms with Crippen LogP contribution in [0.4, 0.5) is 0 Å². The Kier molecular flexibility index (Phi) is 4.18. The lowest BCUT2D eigenvalue weighted by Gasteiger charge is -2.14. The lowest BCUT2D eigenvalue weighted by atomic mass is 10.00. The van der Waals surface area contributed by atoms with Gasteiger partial charge in [-0.2, -0.15) is 0 Å². The number of hydrogen-bond donors (Lipinski definition) is 1. The zero-order valence-electron chi connectivity index (χ0n) is 10.8. The van der Waals surface area contributed by atoms with Crippen molar-refractivity contribution in [2.75, 3.05) is 12.3 Å². The summed E-state index contributed by atoms with van der Waals surface area (Å²) in [6, 6.07) is 8.27. The van der Waals surface area contributed by atoms with Crippen molar-refractivity contribution in [1.29, 1.82) is 0 Å². The average molecular weight is 340 g/mol. The highest BCUT2D eigenvalue weighted by molar-refractivity contribution is 9.09. The standard InChI is InChI=1S/C15H18BrNOS/c16-11-6-5-10(7-11)8-17-15(18)13-9-19-14-4-2-1-3-12(13)14/h1-4,10-11,13H,5-9H2,(H,17,18). The van der Waals surface area contributed by atoms with Crippen molar-refractivity contribution in [2.24, 2.45) is 5.92 Å². The molecule has 1 heterocycles. The number of rotatable bonds is 3. The number of thioether (sulfide) groups is 1. The predicted molar refractivity (Wildman–Crippen MR) is 83.0 cm³/mol. The zero-order chi connectivity index (χ0) is 13.2. The number of amides is 1. The quantitative estimate of drug-likeness (QED) is 0.853. The highest BCUT2D eigenvalue weighted by Gasteiger charge is 2.30. The SMILES string of the molecule is O=C(NCC1CCC(Br)C1)C1CSc2ccccc21. The van der Waals surface area contributed by atoms with Gasteiger partial charge in [0.1, 0.15) is 0 Å². The first-order valence-electron chi connectivity index (χ1n) is 6.87. The second kappa shape index (κ2) is 5.88. The predicted octanol–water partition coefficient (Wildman–Crippen LogP) is 3.56. The third kappa shape index (κ3) is 3.00. The van der Waals surface area contributed by atoms with E-state index in [1.54, 1.807) is 11.8 Å². The van der Waals surface area contributed by atoms with E-state index >= 15 is 0 Å². The number of nitrogens with one attached hydrogen (secondary N) is 1. The van der Waals surface area contributed by atoms with Gasteiger partial charge in [0.15, 0.2) is 0 Å². The Morgan fingerprint density at radius 2 is 2.21 bits per heavy atom. The molecule has 2 aliphatic rings. The van der Waals surface area contributed by atoms with Gasteiger partial charge in [-0.15, -0.1) is 11.8 Å². The minimum absolute atomic E-state index is 0.0439. The van der Waals surface area contributed by atoms with Crippen molar-refractivity contribution < 1.29 is 4.79 Å². The summed E-state index contributed by atoms with van der Waals surface area (Å²) in [5.74, 6) is 1.78. The van der Waals surface area contributed by atoms with E-state index in [0.29, 0.717) is 10.7 Å². The molecule has 1 aliphatic carbocycles.